The molecule has 2 aromatic rings. The molecule has 142 valence electrons. The molecule has 4 N–H and O–H groups in total. The summed E-state index contributed by atoms with van der Waals surface area (Å²) in [6, 6.07) is -0.0624. The van der Waals surface area contributed by atoms with Gasteiger partial charge < -0.3 is 25.6 Å². The van der Waals surface area contributed by atoms with Gasteiger partial charge in [-0.3, -0.25) is 0 Å². The van der Waals surface area contributed by atoms with Crippen molar-refractivity contribution in [1.29, 1.82) is 0 Å². The number of hydrogen-bond donors (Lipinski definition) is 4. The van der Waals surface area contributed by atoms with Gasteiger partial charge in [-0.05, 0) is 41.1 Å². The SMILES string of the molecule is CC(C)CCNc1c[nH]c2ncc(Br)c(N3CCCC(NC(=O)O)C3)c12. The average molecular weight is 424 g/mol. The molecule has 1 amide bonds. The second-order valence-corrected chi connectivity index (χ2v) is 8.08. The van der Waals surface area contributed by atoms with Gasteiger partial charge in [0.05, 0.1) is 21.2 Å². The van der Waals surface area contributed by atoms with E-state index in [9.17, 15) is 4.79 Å². The van der Waals surface area contributed by atoms with Gasteiger partial charge in [-0.2, -0.15) is 0 Å². The molecule has 0 saturated carbocycles. The molecule has 1 saturated heterocycles. The molecule has 26 heavy (non-hydrogen) atoms. The van der Waals surface area contributed by atoms with Crippen LogP contribution in [0.1, 0.15) is 33.1 Å². The number of pyridine rings is 1. The number of amides is 1. The maximum absolute atomic E-state index is 11.0. The van der Waals surface area contributed by atoms with Gasteiger partial charge in [-0.1, -0.05) is 13.8 Å². The third-order valence-corrected chi connectivity index (χ3v) is 5.31. The van der Waals surface area contributed by atoms with Crippen LogP contribution >= 0.6 is 15.9 Å². The standard InChI is InChI=1S/C18H26BrN5O2/c1-11(2)5-6-20-14-9-22-17-15(14)16(13(19)8-21-17)24-7-3-4-12(10-24)23-18(25)26/h8-9,11-12,20,23H,3-7,10H2,1-2H3,(H,21,22)(H,25,26). The number of anilines is 2. The lowest BCUT2D eigenvalue weighted by Crippen LogP contribution is -2.47. The van der Waals surface area contributed by atoms with Gasteiger partial charge >= 0.3 is 6.09 Å². The number of nitrogens with one attached hydrogen (secondary N) is 3. The number of piperidine rings is 1. The van der Waals surface area contributed by atoms with Gasteiger partial charge in [0.2, 0.25) is 0 Å². The van der Waals surface area contributed by atoms with E-state index in [4.69, 9.17) is 5.11 Å². The van der Waals surface area contributed by atoms with Crippen molar-refractivity contribution in [2.24, 2.45) is 5.92 Å². The van der Waals surface area contributed by atoms with Gasteiger partial charge in [0.1, 0.15) is 5.65 Å². The third kappa shape index (κ3) is 4.23. The molecule has 1 unspecified atom stereocenters. The molecule has 8 heteroatoms. The topological polar surface area (TPSA) is 93.3 Å². The largest absolute Gasteiger partial charge is 0.465 e. The van der Waals surface area contributed by atoms with Crippen molar-refractivity contribution in [3.05, 3.63) is 16.9 Å². The molecular formula is C18H26BrN5O2. The average Bonchev–Trinajstić information content (AvgIpc) is 2.97. The molecule has 1 fully saturated rings. The zero-order valence-electron chi connectivity index (χ0n) is 15.2. The van der Waals surface area contributed by atoms with Gasteiger partial charge in [0, 0.05) is 38.1 Å². The zero-order chi connectivity index (χ0) is 18.7. The fourth-order valence-electron chi connectivity index (χ4n) is 3.47. The van der Waals surface area contributed by atoms with Gasteiger partial charge in [-0.25, -0.2) is 9.78 Å². The number of H-pyrrole nitrogens is 1. The van der Waals surface area contributed by atoms with E-state index in [-0.39, 0.29) is 6.04 Å². The lowest BCUT2D eigenvalue weighted by Gasteiger charge is -2.35. The fourth-order valence-corrected chi connectivity index (χ4v) is 4.02. The first-order chi connectivity index (χ1) is 12.5. The second kappa shape index (κ2) is 8.16. The second-order valence-electron chi connectivity index (χ2n) is 7.22. The molecule has 0 aliphatic carbocycles. The Morgan fingerprint density at radius 1 is 1.54 bits per heavy atom. The van der Waals surface area contributed by atoms with Gasteiger partial charge in [-0.15, -0.1) is 0 Å². The summed E-state index contributed by atoms with van der Waals surface area (Å²) in [7, 11) is 0. The zero-order valence-corrected chi connectivity index (χ0v) is 16.8. The number of nitrogens with zero attached hydrogens (tertiary/aromatic N) is 2. The predicted octanol–water partition coefficient (Wildman–Crippen LogP) is 4.02. The Bertz CT molecular complexity index is 776. The summed E-state index contributed by atoms with van der Waals surface area (Å²) >= 11 is 3.65. The molecule has 0 spiro atoms. The highest BCUT2D eigenvalue weighted by Crippen LogP contribution is 2.38. The molecule has 0 aromatic carbocycles. The van der Waals surface area contributed by atoms with Crippen LogP contribution in [0, 0.1) is 5.92 Å². The third-order valence-electron chi connectivity index (χ3n) is 4.73. The molecule has 3 heterocycles. The molecule has 1 aliphatic rings. The number of fused-ring (bicyclic) bond motifs is 1. The maximum atomic E-state index is 11.0. The molecule has 7 nitrogen and oxygen atoms in total. The van der Waals surface area contributed by atoms with E-state index in [1.807, 2.05) is 6.20 Å². The highest BCUT2D eigenvalue weighted by atomic mass is 79.9. The molecule has 0 bridgehead atoms. The van der Waals surface area contributed by atoms with Crippen LogP contribution in [0.3, 0.4) is 0 Å². The summed E-state index contributed by atoms with van der Waals surface area (Å²) in [6.45, 7) is 6.88. The van der Waals surface area contributed by atoms with Crippen molar-refractivity contribution in [3.63, 3.8) is 0 Å². The predicted molar refractivity (Wildman–Crippen MR) is 108 cm³/mol. The lowest BCUT2D eigenvalue weighted by molar-refractivity contribution is 0.188. The normalized spacial score (nSPS) is 17.7. The van der Waals surface area contributed by atoms with Crippen LogP contribution in [0.15, 0.2) is 16.9 Å². The molecule has 1 atom stereocenters. The minimum absolute atomic E-state index is 0.0624. The van der Waals surface area contributed by atoms with Crippen molar-refractivity contribution in [1.82, 2.24) is 15.3 Å². The van der Waals surface area contributed by atoms with E-state index < -0.39 is 6.09 Å². The van der Waals surface area contributed by atoms with Crippen molar-refractivity contribution in [3.8, 4) is 0 Å². The molecule has 2 aromatic heterocycles. The Balaban J connectivity index is 1.89. The number of hydrogen-bond acceptors (Lipinski definition) is 4. The summed E-state index contributed by atoms with van der Waals surface area (Å²) < 4.78 is 0.924. The first-order valence-corrected chi connectivity index (χ1v) is 9.89. The number of aromatic nitrogens is 2. The highest BCUT2D eigenvalue weighted by Gasteiger charge is 2.25. The Kier molecular flexibility index (Phi) is 5.90. The quantitative estimate of drug-likeness (QED) is 0.562. The van der Waals surface area contributed by atoms with Crippen LogP contribution < -0.4 is 15.5 Å². The molecule has 3 rings (SSSR count). The first-order valence-electron chi connectivity index (χ1n) is 9.09. The van der Waals surface area contributed by atoms with Crippen LogP contribution in [0.2, 0.25) is 0 Å². The van der Waals surface area contributed by atoms with Crippen molar-refractivity contribution in [2.45, 2.75) is 39.2 Å². The van der Waals surface area contributed by atoms with Crippen LogP contribution in [0.5, 0.6) is 0 Å². The minimum atomic E-state index is -0.964. The van der Waals surface area contributed by atoms with Crippen LogP contribution in [-0.4, -0.2) is 46.8 Å². The summed E-state index contributed by atoms with van der Waals surface area (Å²) in [5.74, 6) is 0.641. The first kappa shape index (κ1) is 18.8. The Hall–Kier alpha value is -1.96. The van der Waals surface area contributed by atoms with E-state index in [2.05, 4.69) is 55.3 Å². The minimum Gasteiger partial charge on any atom is -0.465 e. The van der Waals surface area contributed by atoms with E-state index >= 15 is 0 Å². The molecular weight excluding hydrogens is 398 g/mol. The number of carboxylic acid groups (broad SMARTS) is 1. The summed E-state index contributed by atoms with van der Waals surface area (Å²) in [5, 5.41) is 16.2. The smallest absolute Gasteiger partial charge is 0.404 e. The molecule has 0 radical (unpaired) electrons. The fraction of sp³-hybridized carbons (Fsp3) is 0.556. The van der Waals surface area contributed by atoms with Crippen molar-refractivity contribution in [2.75, 3.05) is 29.9 Å². The number of rotatable bonds is 6. The highest BCUT2D eigenvalue weighted by molar-refractivity contribution is 9.10. The Morgan fingerprint density at radius 2 is 2.35 bits per heavy atom. The molecule has 1 aliphatic heterocycles. The van der Waals surface area contributed by atoms with Crippen LogP contribution in [0.25, 0.3) is 11.0 Å². The van der Waals surface area contributed by atoms with Crippen LogP contribution in [0.4, 0.5) is 16.2 Å². The van der Waals surface area contributed by atoms with Crippen molar-refractivity contribution >= 4 is 44.4 Å². The number of carbonyl (C=O) groups is 1. The monoisotopic (exact) mass is 423 g/mol. The summed E-state index contributed by atoms with van der Waals surface area (Å²) in [6.07, 6.45) is 5.71. The lowest BCUT2D eigenvalue weighted by atomic mass is 10.0. The van der Waals surface area contributed by atoms with E-state index in [0.717, 1.165) is 59.2 Å². The van der Waals surface area contributed by atoms with E-state index in [0.29, 0.717) is 12.5 Å². The summed E-state index contributed by atoms with van der Waals surface area (Å²) in [4.78, 5) is 21.0. The van der Waals surface area contributed by atoms with Gasteiger partial charge in [0.15, 0.2) is 0 Å². The number of halogens is 1. The number of aromatic amines is 1. The maximum Gasteiger partial charge on any atom is 0.404 e. The Morgan fingerprint density at radius 3 is 3.08 bits per heavy atom. The van der Waals surface area contributed by atoms with Crippen LogP contribution in [-0.2, 0) is 0 Å². The Labute approximate surface area is 161 Å². The van der Waals surface area contributed by atoms with E-state index in [1.54, 1.807) is 6.20 Å². The summed E-state index contributed by atoms with van der Waals surface area (Å²) in [5.41, 5.74) is 2.95. The van der Waals surface area contributed by atoms with Gasteiger partial charge in [0.25, 0.3) is 0 Å². The van der Waals surface area contributed by atoms with E-state index in [1.165, 1.54) is 0 Å². The van der Waals surface area contributed by atoms with Crippen molar-refractivity contribution < 1.29 is 9.90 Å².